The molecule has 1 aliphatic rings. The predicted molar refractivity (Wildman–Crippen MR) is 115 cm³/mol. The first-order chi connectivity index (χ1) is 14.8. The van der Waals surface area contributed by atoms with Crippen molar-refractivity contribution in [2.45, 2.75) is 38.5 Å². The van der Waals surface area contributed by atoms with Crippen LogP contribution in [0.2, 0.25) is 0 Å². The third kappa shape index (κ3) is 4.92. The highest BCUT2D eigenvalue weighted by atomic mass is 19.1. The first-order valence-electron chi connectivity index (χ1n) is 10.3. The second kappa shape index (κ2) is 9.28. The second-order valence-corrected chi connectivity index (χ2v) is 7.92. The number of halogens is 2. The van der Waals surface area contributed by atoms with Gasteiger partial charge in [-0.05, 0) is 49.5 Å². The number of nitrogens with zero attached hydrogens (tertiary/aromatic N) is 3. The van der Waals surface area contributed by atoms with E-state index in [0.29, 0.717) is 31.5 Å². The quantitative estimate of drug-likeness (QED) is 0.650. The maximum atomic E-state index is 14.0. The van der Waals surface area contributed by atoms with Gasteiger partial charge in [-0.2, -0.15) is 0 Å². The summed E-state index contributed by atoms with van der Waals surface area (Å²) in [5, 5.41) is 2.84. The van der Waals surface area contributed by atoms with Crippen LogP contribution in [0.1, 0.15) is 49.2 Å². The number of nitrogens with one attached hydrogen (secondary N) is 1. The molecule has 3 rings (SSSR count). The van der Waals surface area contributed by atoms with Crippen molar-refractivity contribution in [3.05, 3.63) is 64.9 Å². The lowest BCUT2D eigenvalue weighted by Gasteiger charge is -2.43. The smallest absolute Gasteiger partial charge is 0.273 e. The lowest BCUT2D eigenvalue weighted by Crippen LogP contribution is -2.49. The van der Waals surface area contributed by atoms with Crippen molar-refractivity contribution in [3.63, 3.8) is 0 Å². The van der Waals surface area contributed by atoms with E-state index in [1.165, 1.54) is 24.5 Å². The van der Waals surface area contributed by atoms with Crippen LogP contribution < -0.4 is 16.8 Å². The first kappa shape index (κ1) is 22.5. The van der Waals surface area contributed by atoms with Gasteiger partial charge < -0.3 is 21.7 Å². The van der Waals surface area contributed by atoms with Crippen molar-refractivity contribution in [2.24, 2.45) is 5.73 Å². The largest absolute Gasteiger partial charge is 0.385 e. The van der Waals surface area contributed by atoms with E-state index < -0.39 is 23.0 Å². The van der Waals surface area contributed by atoms with Gasteiger partial charge in [0.15, 0.2) is 11.5 Å². The Morgan fingerprint density at radius 2 is 1.77 bits per heavy atom. The maximum Gasteiger partial charge on any atom is 0.273 e. The number of benzene rings is 1. The summed E-state index contributed by atoms with van der Waals surface area (Å²) < 4.78 is 28.1. The molecule has 1 aromatic heterocycles. The van der Waals surface area contributed by atoms with Gasteiger partial charge in [0.1, 0.15) is 11.6 Å². The Bertz CT molecular complexity index is 965. The number of nitrogen functional groups attached to an aromatic ring is 1. The van der Waals surface area contributed by atoms with E-state index in [0.717, 1.165) is 23.9 Å². The number of rotatable bonds is 6. The number of piperidine rings is 1. The number of anilines is 1. The summed E-state index contributed by atoms with van der Waals surface area (Å²) in [7, 11) is 0. The Morgan fingerprint density at radius 1 is 1.16 bits per heavy atom. The Labute approximate surface area is 180 Å². The van der Waals surface area contributed by atoms with E-state index in [2.05, 4.69) is 20.2 Å². The summed E-state index contributed by atoms with van der Waals surface area (Å²) in [6, 6.07) is 3.51. The van der Waals surface area contributed by atoms with Gasteiger partial charge in [-0.1, -0.05) is 6.92 Å². The molecule has 7 nitrogen and oxygen atoms in total. The third-order valence-corrected chi connectivity index (χ3v) is 6.03. The standard InChI is InChI=1S/C22H28F2N6O/c1-3-14(2)20(26)30-8-4-22(5-9-30,15-10-16(23)12-17(24)11-15)13-29-21(31)18-19(25)28-7-6-27-18/h6-7,10-12H,3-5,8-9,13,26H2,1-2H3,(H2,25,28)(H,29,31)/b20-14-. The Balaban J connectivity index is 1.86. The molecule has 0 saturated carbocycles. The molecule has 1 saturated heterocycles. The number of carbonyl (C=O) groups excluding carboxylic acids is 1. The summed E-state index contributed by atoms with van der Waals surface area (Å²) in [6.45, 7) is 5.41. The molecule has 31 heavy (non-hydrogen) atoms. The molecule has 9 heteroatoms. The molecule has 1 aliphatic heterocycles. The van der Waals surface area contributed by atoms with Crippen LogP contribution in [0.15, 0.2) is 42.0 Å². The minimum absolute atomic E-state index is 0.0197. The number of hydrogen-bond donors (Lipinski definition) is 3. The fraction of sp³-hybridized carbons (Fsp3) is 0.409. The SMILES string of the molecule is CC/C(C)=C(/N)N1CCC(CNC(=O)c2nccnc2N)(c2cc(F)cc(F)c2)CC1. The van der Waals surface area contributed by atoms with Crippen molar-refractivity contribution < 1.29 is 13.6 Å². The molecule has 0 spiro atoms. The molecular weight excluding hydrogens is 402 g/mol. The van der Waals surface area contributed by atoms with Crippen molar-refractivity contribution >= 4 is 11.7 Å². The van der Waals surface area contributed by atoms with Crippen LogP contribution >= 0.6 is 0 Å². The fourth-order valence-corrected chi connectivity index (χ4v) is 3.91. The number of allylic oxidation sites excluding steroid dienone is 1. The van der Waals surface area contributed by atoms with Gasteiger partial charge in [0.05, 0.1) is 5.82 Å². The third-order valence-electron chi connectivity index (χ3n) is 6.03. The van der Waals surface area contributed by atoms with E-state index in [4.69, 9.17) is 11.5 Å². The normalized spacial score (nSPS) is 16.6. The summed E-state index contributed by atoms with van der Waals surface area (Å²) >= 11 is 0. The van der Waals surface area contributed by atoms with Gasteiger partial charge in [0, 0.05) is 43.5 Å². The minimum atomic E-state index is -0.660. The fourth-order valence-electron chi connectivity index (χ4n) is 3.91. The second-order valence-electron chi connectivity index (χ2n) is 7.92. The molecule has 1 aromatic carbocycles. The zero-order valence-corrected chi connectivity index (χ0v) is 17.8. The highest BCUT2D eigenvalue weighted by Crippen LogP contribution is 2.37. The van der Waals surface area contributed by atoms with E-state index >= 15 is 0 Å². The molecule has 5 N–H and O–H groups in total. The van der Waals surface area contributed by atoms with Crippen LogP contribution in [0.3, 0.4) is 0 Å². The first-order valence-corrected chi connectivity index (χ1v) is 10.3. The van der Waals surface area contributed by atoms with Crippen LogP contribution in [0.5, 0.6) is 0 Å². The van der Waals surface area contributed by atoms with Crippen LogP contribution in [0, 0.1) is 11.6 Å². The van der Waals surface area contributed by atoms with Crippen LogP contribution in [0.4, 0.5) is 14.6 Å². The molecule has 2 heterocycles. The molecule has 0 aliphatic carbocycles. The summed E-state index contributed by atoms with van der Waals surface area (Å²) in [5.74, 6) is -1.03. The molecule has 2 aromatic rings. The van der Waals surface area contributed by atoms with Gasteiger partial charge in [-0.3, -0.25) is 4.79 Å². The molecule has 1 fully saturated rings. The molecular formula is C22H28F2N6O. The summed E-state index contributed by atoms with van der Waals surface area (Å²) in [5.41, 5.74) is 13.0. The van der Waals surface area contributed by atoms with Gasteiger partial charge in [-0.25, -0.2) is 18.7 Å². The lowest BCUT2D eigenvalue weighted by molar-refractivity contribution is 0.0924. The number of nitrogens with two attached hydrogens (primary N) is 2. The Kier molecular flexibility index (Phi) is 6.72. The molecule has 0 unspecified atom stereocenters. The van der Waals surface area contributed by atoms with Crippen molar-refractivity contribution in [1.29, 1.82) is 0 Å². The van der Waals surface area contributed by atoms with Crippen LogP contribution in [-0.4, -0.2) is 40.4 Å². The molecule has 1 amide bonds. The van der Waals surface area contributed by atoms with Gasteiger partial charge in [0.25, 0.3) is 5.91 Å². The number of hydrogen-bond acceptors (Lipinski definition) is 6. The van der Waals surface area contributed by atoms with Crippen molar-refractivity contribution in [1.82, 2.24) is 20.2 Å². The van der Waals surface area contributed by atoms with E-state index in [1.807, 2.05) is 13.8 Å². The zero-order valence-electron chi connectivity index (χ0n) is 17.8. The van der Waals surface area contributed by atoms with Crippen LogP contribution in [-0.2, 0) is 5.41 Å². The maximum absolute atomic E-state index is 14.0. The number of aromatic nitrogens is 2. The van der Waals surface area contributed by atoms with Gasteiger partial charge in [0.2, 0.25) is 0 Å². The van der Waals surface area contributed by atoms with E-state index in [1.54, 1.807) is 0 Å². The molecule has 0 bridgehead atoms. The number of likely N-dealkylation sites (tertiary alicyclic amines) is 1. The Morgan fingerprint density at radius 3 is 2.35 bits per heavy atom. The van der Waals surface area contributed by atoms with Gasteiger partial charge >= 0.3 is 0 Å². The highest BCUT2D eigenvalue weighted by molar-refractivity contribution is 5.96. The molecule has 0 radical (unpaired) electrons. The average Bonchev–Trinajstić information content (AvgIpc) is 2.76. The zero-order chi connectivity index (χ0) is 22.6. The van der Waals surface area contributed by atoms with Crippen LogP contribution in [0.25, 0.3) is 0 Å². The van der Waals surface area contributed by atoms with E-state index in [-0.39, 0.29) is 18.1 Å². The lowest BCUT2D eigenvalue weighted by atomic mass is 9.72. The highest BCUT2D eigenvalue weighted by Gasteiger charge is 2.38. The topological polar surface area (TPSA) is 110 Å². The number of carbonyl (C=O) groups is 1. The number of amides is 1. The van der Waals surface area contributed by atoms with E-state index in [9.17, 15) is 13.6 Å². The predicted octanol–water partition coefficient (Wildman–Crippen LogP) is 2.70. The van der Waals surface area contributed by atoms with Crippen molar-refractivity contribution in [2.75, 3.05) is 25.4 Å². The molecule has 166 valence electrons. The minimum Gasteiger partial charge on any atom is -0.385 e. The Hall–Kier alpha value is -3.23. The van der Waals surface area contributed by atoms with Crippen molar-refractivity contribution in [3.8, 4) is 0 Å². The van der Waals surface area contributed by atoms with Gasteiger partial charge in [-0.15, -0.1) is 0 Å². The summed E-state index contributed by atoms with van der Waals surface area (Å²) in [6.07, 6.45) is 4.74. The summed E-state index contributed by atoms with van der Waals surface area (Å²) in [4.78, 5) is 22.6. The molecule has 0 atom stereocenters. The monoisotopic (exact) mass is 430 g/mol. The average molecular weight is 431 g/mol.